The normalized spacial score (nSPS) is 10.0. The molecule has 0 heterocycles. The molecule has 17 heavy (non-hydrogen) atoms. The Morgan fingerprint density at radius 2 is 1.12 bits per heavy atom. The minimum absolute atomic E-state index is 0.939. The monoisotopic (exact) mass is 226 g/mol. The average molecular weight is 226 g/mol. The fourth-order valence-electron chi connectivity index (χ4n) is 2.04. The Labute approximate surface area is 103 Å². The highest BCUT2D eigenvalue weighted by molar-refractivity contribution is 5.57. The van der Waals surface area contributed by atoms with E-state index in [2.05, 4.69) is 59.2 Å². The van der Waals surface area contributed by atoms with Crippen molar-refractivity contribution in [1.29, 1.82) is 0 Å². The van der Waals surface area contributed by atoms with Crippen molar-refractivity contribution < 1.29 is 0 Å². The van der Waals surface area contributed by atoms with Gasteiger partial charge in [0.05, 0.1) is 0 Å². The molecule has 2 N–H and O–H groups in total. The predicted molar refractivity (Wildman–Crippen MR) is 74.8 cm³/mol. The second kappa shape index (κ2) is 5.39. The van der Waals surface area contributed by atoms with E-state index >= 15 is 0 Å². The van der Waals surface area contributed by atoms with Gasteiger partial charge in [-0.2, -0.15) is 0 Å². The summed E-state index contributed by atoms with van der Waals surface area (Å²) >= 11 is 0. The van der Waals surface area contributed by atoms with Gasteiger partial charge in [-0.25, -0.2) is 0 Å². The Hall–Kier alpha value is -1.96. The van der Waals surface area contributed by atoms with Crippen LogP contribution in [0.2, 0.25) is 0 Å². The number of anilines is 2. The fourth-order valence-corrected chi connectivity index (χ4v) is 2.04. The molecule has 0 saturated heterocycles. The quantitative estimate of drug-likeness (QED) is 0.835. The Morgan fingerprint density at radius 3 is 1.53 bits per heavy atom. The number of rotatable bonds is 4. The van der Waals surface area contributed by atoms with Gasteiger partial charge in [-0.05, 0) is 23.3 Å². The highest BCUT2D eigenvalue weighted by Gasteiger charge is 2.04. The standard InChI is InChI=1S/C15H18N2/c1-16-14-9-5-3-7-12(14)11-13-8-4-6-10-15(13)17-2/h3-10,16-17H,11H2,1-2H3. The van der Waals surface area contributed by atoms with E-state index in [4.69, 9.17) is 0 Å². The van der Waals surface area contributed by atoms with Crippen LogP contribution in [0.3, 0.4) is 0 Å². The van der Waals surface area contributed by atoms with Crippen LogP contribution < -0.4 is 10.6 Å². The molecule has 0 unspecified atom stereocenters. The number of benzene rings is 2. The largest absolute Gasteiger partial charge is 0.388 e. The first kappa shape index (κ1) is 11.5. The summed E-state index contributed by atoms with van der Waals surface area (Å²) in [5, 5.41) is 6.47. The van der Waals surface area contributed by atoms with Gasteiger partial charge in [-0.3, -0.25) is 0 Å². The van der Waals surface area contributed by atoms with Crippen LogP contribution in [0, 0.1) is 0 Å². The van der Waals surface area contributed by atoms with Crippen molar-refractivity contribution in [3.8, 4) is 0 Å². The Bertz CT molecular complexity index is 446. The predicted octanol–water partition coefficient (Wildman–Crippen LogP) is 3.36. The lowest BCUT2D eigenvalue weighted by Gasteiger charge is -2.12. The van der Waals surface area contributed by atoms with E-state index < -0.39 is 0 Å². The molecule has 0 radical (unpaired) electrons. The summed E-state index contributed by atoms with van der Waals surface area (Å²) in [4.78, 5) is 0. The van der Waals surface area contributed by atoms with Crippen LogP contribution in [0.1, 0.15) is 11.1 Å². The molecule has 0 amide bonds. The lowest BCUT2D eigenvalue weighted by atomic mass is 10.0. The van der Waals surface area contributed by atoms with Gasteiger partial charge in [-0.1, -0.05) is 36.4 Å². The van der Waals surface area contributed by atoms with Crippen LogP contribution >= 0.6 is 0 Å². The summed E-state index contributed by atoms with van der Waals surface area (Å²) < 4.78 is 0. The molecule has 0 aliphatic carbocycles. The molecule has 0 spiro atoms. The fraction of sp³-hybridized carbons (Fsp3) is 0.200. The molecule has 0 atom stereocenters. The third-order valence-corrected chi connectivity index (χ3v) is 2.95. The smallest absolute Gasteiger partial charge is 0.0373 e. The van der Waals surface area contributed by atoms with Gasteiger partial charge in [0.2, 0.25) is 0 Å². The van der Waals surface area contributed by atoms with Crippen LogP contribution in [0.15, 0.2) is 48.5 Å². The van der Waals surface area contributed by atoms with Crippen molar-refractivity contribution >= 4 is 11.4 Å². The van der Waals surface area contributed by atoms with Crippen molar-refractivity contribution in [1.82, 2.24) is 0 Å². The molecule has 2 heteroatoms. The summed E-state index contributed by atoms with van der Waals surface area (Å²) in [5.74, 6) is 0. The topological polar surface area (TPSA) is 24.1 Å². The number of hydrogen-bond acceptors (Lipinski definition) is 2. The summed E-state index contributed by atoms with van der Waals surface area (Å²) in [6.45, 7) is 0. The Morgan fingerprint density at radius 1 is 0.706 bits per heavy atom. The highest BCUT2D eigenvalue weighted by atomic mass is 14.8. The molecular formula is C15H18N2. The summed E-state index contributed by atoms with van der Waals surface area (Å²) in [5.41, 5.74) is 5.02. The summed E-state index contributed by atoms with van der Waals surface area (Å²) in [6.07, 6.45) is 0.939. The van der Waals surface area contributed by atoms with E-state index in [-0.39, 0.29) is 0 Å². The van der Waals surface area contributed by atoms with Gasteiger partial charge in [0, 0.05) is 31.9 Å². The molecule has 2 nitrogen and oxygen atoms in total. The van der Waals surface area contributed by atoms with Crippen molar-refractivity contribution in [2.75, 3.05) is 24.7 Å². The molecule has 0 aliphatic heterocycles. The zero-order chi connectivity index (χ0) is 12.1. The van der Waals surface area contributed by atoms with Crippen LogP contribution in [-0.4, -0.2) is 14.1 Å². The zero-order valence-corrected chi connectivity index (χ0v) is 10.3. The molecule has 0 aliphatic rings. The van der Waals surface area contributed by atoms with Crippen molar-refractivity contribution in [2.45, 2.75) is 6.42 Å². The summed E-state index contributed by atoms with van der Waals surface area (Å²) in [7, 11) is 3.92. The van der Waals surface area contributed by atoms with Gasteiger partial charge in [0.1, 0.15) is 0 Å². The minimum Gasteiger partial charge on any atom is -0.388 e. The SMILES string of the molecule is CNc1ccccc1Cc1ccccc1NC. The molecule has 0 fully saturated rings. The molecule has 2 aromatic rings. The lowest BCUT2D eigenvalue weighted by Crippen LogP contribution is -1.99. The molecule has 0 bridgehead atoms. The third kappa shape index (κ3) is 2.59. The second-order valence-corrected chi connectivity index (χ2v) is 3.99. The number of hydrogen-bond donors (Lipinski definition) is 2. The van der Waals surface area contributed by atoms with Crippen molar-refractivity contribution in [2.24, 2.45) is 0 Å². The van der Waals surface area contributed by atoms with Gasteiger partial charge in [0.15, 0.2) is 0 Å². The maximum atomic E-state index is 3.23. The maximum Gasteiger partial charge on any atom is 0.0373 e. The number of nitrogens with one attached hydrogen (secondary N) is 2. The van der Waals surface area contributed by atoms with Crippen LogP contribution in [0.25, 0.3) is 0 Å². The molecule has 2 aromatic carbocycles. The van der Waals surface area contributed by atoms with E-state index in [1.807, 2.05) is 14.1 Å². The maximum absolute atomic E-state index is 3.23. The van der Waals surface area contributed by atoms with E-state index in [0.29, 0.717) is 0 Å². The Kier molecular flexibility index (Phi) is 3.66. The minimum atomic E-state index is 0.939. The first-order chi connectivity index (χ1) is 8.35. The van der Waals surface area contributed by atoms with E-state index in [0.717, 1.165) is 6.42 Å². The van der Waals surface area contributed by atoms with Crippen molar-refractivity contribution in [3.63, 3.8) is 0 Å². The van der Waals surface area contributed by atoms with Gasteiger partial charge in [-0.15, -0.1) is 0 Å². The van der Waals surface area contributed by atoms with E-state index in [1.165, 1.54) is 22.5 Å². The first-order valence-corrected chi connectivity index (χ1v) is 5.86. The molecular weight excluding hydrogens is 208 g/mol. The van der Waals surface area contributed by atoms with Crippen LogP contribution in [0.4, 0.5) is 11.4 Å². The van der Waals surface area contributed by atoms with E-state index in [9.17, 15) is 0 Å². The van der Waals surface area contributed by atoms with Gasteiger partial charge < -0.3 is 10.6 Å². The van der Waals surface area contributed by atoms with Crippen molar-refractivity contribution in [3.05, 3.63) is 59.7 Å². The summed E-state index contributed by atoms with van der Waals surface area (Å²) in [6, 6.07) is 16.8. The molecule has 0 aromatic heterocycles. The highest BCUT2D eigenvalue weighted by Crippen LogP contribution is 2.22. The zero-order valence-electron chi connectivity index (χ0n) is 10.3. The molecule has 0 saturated carbocycles. The van der Waals surface area contributed by atoms with Crippen LogP contribution in [0.5, 0.6) is 0 Å². The molecule has 88 valence electrons. The lowest BCUT2D eigenvalue weighted by molar-refractivity contribution is 1.18. The molecule has 2 rings (SSSR count). The second-order valence-electron chi connectivity index (χ2n) is 3.99. The first-order valence-electron chi connectivity index (χ1n) is 5.86. The van der Waals surface area contributed by atoms with E-state index in [1.54, 1.807) is 0 Å². The number of para-hydroxylation sites is 2. The van der Waals surface area contributed by atoms with Gasteiger partial charge >= 0.3 is 0 Å². The third-order valence-electron chi connectivity index (χ3n) is 2.95. The van der Waals surface area contributed by atoms with Crippen LogP contribution in [-0.2, 0) is 6.42 Å². The van der Waals surface area contributed by atoms with Gasteiger partial charge in [0.25, 0.3) is 0 Å². The average Bonchev–Trinajstić information content (AvgIpc) is 2.40. The Balaban J connectivity index is 2.31.